The van der Waals surface area contributed by atoms with Crippen molar-refractivity contribution in [3.8, 4) is 0 Å². The maximum absolute atomic E-state index is 3.78. The van der Waals surface area contributed by atoms with Gasteiger partial charge in [0, 0.05) is 33.5 Å². The first-order chi connectivity index (χ1) is 11.4. The monoisotopic (exact) mass is 295 g/mol. The van der Waals surface area contributed by atoms with E-state index in [1.807, 2.05) is 0 Å². The van der Waals surface area contributed by atoms with Crippen LogP contribution in [-0.2, 0) is 0 Å². The lowest BCUT2D eigenvalue weighted by molar-refractivity contribution is 0.760. The quantitative estimate of drug-likeness (QED) is 0.691. The number of hydrogen-bond acceptors (Lipinski definition) is 0. The number of allylic oxidation sites excluding steroid dienone is 6. The van der Waals surface area contributed by atoms with Crippen LogP contribution in [0.5, 0.6) is 0 Å². The number of hydrogen-bond donors (Lipinski definition) is 1. The van der Waals surface area contributed by atoms with Crippen LogP contribution < -0.4 is 0 Å². The summed E-state index contributed by atoms with van der Waals surface area (Å²) in [5.74, 6) is 2.87. The molecule has 1 heterocycles. The summed E-state index contributed by atoms with van der Waals surface area (Å²) in [5.41, 5.74) is 7.55. The van der Waals surface area contributed by atoms with Gasteiger partial charge < -0.3 is 4.98 Å². The standard InChI is InChI=1S/C22H17N/c1-2-9-22-10-8-15-19-14-5-4-12-11-16(12)13(14)6-7-18(19)23-21(15)20(22)17(22)3-1/h1-10,12,16-17,20,23H,11H2. The Morgan fingerprint density at radius 3 is 3.00 bits per heavy atom. The molecule has 0 saturated heterocycles. The Balaban J connectivity index is 1.54. The van der Waals surface area contributed by atoms with Crippen LogP contribution in [-0.4, -0.2) is 4.98 Å². The summed E-state index contributed by atoms with van der Waals surface area (Å²) in [4.78, 5) is 3.78. The molecule has 0 bridgehead atoms. The van der Waals surface area contributed by atoms with E-state index in [1.165, 1.54) is 34.1 Å². The largest absolute Gasteiger partial charge is 0.358 e. The normalized spacial score (nSPS) is 39.5. The predicted molar refractivity (Wildman–Crippen MR) is 94.2 cm³/mol. The van der Waals surface area contributed by atoms with Gasteiger partial charge in [0.25, 0.3) is 0 Å². The lowest BCUT2D eigenvalue weighted by Crippen LogP contribution is -2.02. The van der Waals surface area contributed by atoms with E-state index in [0.29, 0.717) is 11.8 Å². The fourth-order valence-corrected chi connectivity index (χ4v) is 5.58. The van der Waals surface area contributed by atoms with Crippen molar-refractivity contribution in [3.63, 3.8) is 0 Å². The molecule has 1 aromatic heterocycles. The molecule has 5 unspecified atom stereocenters. The minimum absolute atomic E-state index is 0.264. The molecule has 5 atom stereocenters. The Kier molecular flexibility index (Phi) is 1.62. The van der Waals surface area contributed by atoms with Crippen LogP contribution in [0.1, 0.15) is 40.6 Å². The molecule has 2 fully saturated rings. The van der Waals surface area contributed by atoms with Crippen molar-refractivity contribution in [2.75, 3.05) is 0 Å². The van der Waals surface area contributed by atoms with Gasteiger partial charge in [0.2, 0.25) is 0 Å². The lowest BCUT2D eigenvalue weighted by atomic mass is 9.88. The zero-order valence-corrected chi connectivity index (χ0v) is 12.8. The molecular formula is C22H17N. The highest BCUT2D eigenvalue weighted by atomic mass is 14.8. The number of fused-ring (bicyclic) bond motifs is 9. The summed E-state index contributed by atoms with van der Waals surface area (Å²) in [6.07, 6.45) is 20.2. The minimum atomic E-state index is 0.264. The zero-order valence-electron chi connectivity index (χ0n) is 12.8. The second kappa shape index (κ2) is 3.31. The summed E-state index contributed by atoms with van der Waals surface area (Å²) in [6, 6.07) is 4.69. The fourth-order valence-electron chi connectivity index (χ4n) is 5.58. The SMILES string of the molecule is C1=CC2C3c4[nH]c5ccc6c(c5c4C=CC23C=C1)C=CC1CC61. The number of aromatic amines is 1. The van der Waals surface area contributed by atoms with Gasteiger partial charge in [-0.1, -0.05) is 54.7 Å². The summed E-state index contributed by atoms with van der Waals surface area (Å²) in [5, 5.41) is 1.46. The molecule has 110 valence electrons. The molecular weight excluding hydrogens is 278 g/mol. The van der Waals surface area contributed by atoms with Crippen molar-refractivity contribution in [3.05, 3.63) is 71.0 Å². The number of benzene rings is 1. The van der Waals surface area contributed by atoms with Gasteiger partial charge in [0.05, 0.1) is 0 Å². The van der Waals surface area contributed by atoms with Gasteiger partial charge in [-0.25, -0.2) is 0 Å². The molecule has 1 nitrogen and oxygen atoms in total. The van der Waals surface area contributed by atoms with Gasteiger partial charge in [-0.2, -0.15) is 0 Å². The van der Waals surface area contributed by atoms with Crippen LogP contribution in [0.2, 0.25) is 0 Å². The molecule has 7 rings (SSSR count). The van der Waals surface area contributed by atoms with E-state index in [-0.39, 0.29) is 5.41 Å². The van der Waals surface area contributed by atoms with Crippen molar-refractivity contribution in [2.24, 2.45) is 17.3 Å². The molecule has 1 spiro atoms. The number of H-pyrrole nitrogens is 1. The predicted octanol–water partition coefficient (Wildman–Crippen LogP) is 5.15. The second-order valence-electron chi connectivity index (χ2n) is 7.89. The maximum atomic E-state index is 3.78. The molecule has 0 radical (unpaired) electrons. The van der Waals surface area contributed by atoms with Gasteiger partial charge in [0.15, 0.2) is 0 Å². The molecule has 1 aromatic carbocycles. The van der Waals surface area contributed by atoms with Crippen LogP contribution in [0.3, 0.4) is 0 Å². The first-order valence-electron chi connectivity index (χ1n) is 8.79. The highest BCUT2D eigenvalue weighted by Crippen LogP contribution is 2.71. The second-order valence-corrected chi connectivity index (χ2v) is 7.89. The lowest BCUT2D eigenvalue weighted by Gasteiger charge is -2.15. The van der Waals surface area contributed by atoms with Crippen LogP contribution in [0, 0.1) is 17.3 Å². The van der Waals surface area contributed by atoms with E-state index in [1.54, 1.807) is 5.56 Å². The highest BCUT2D eigenvalue weighted by molar-refractivity contribution is 6.00. The van der Waals surface area contributed by atoms with Crippen molar-refractivity contribution in [2.45, 2.75) is 18.3 Å². The molecule has 23 heavy (non-hydrogen) atoms. The van der Waals surface area contributed by atoms with Crippen molar-refractivity contribution in [1.82, 2.24) is 4.98 Å². The van der Waals surface area contributed by atoms with Crippen LogP contribution in [0.25, 0.3) is 23.1 Å². The molecule has 5 aliphatic rings. The number of rotatable bonds is 0. The highest BCUT2D eigenvalue weighted by Gasteiger charge is 2.63. The molecule has 1 N–H and O–H groups in total. The van der Waals surface area contributed by atoms with Gasteiger partial charge >= 0.3 is 0 Å². The third kappa shape index (κ3) is 1.14. The molecule has 0 amide bonds. The van der Waals surface area contributed by atoms with Gasteiger partial charge in [-0.05, 0) is 41.4 Å². The van der Waals surface area contributed by atoms with Crippen molar-refractivity contribution < 1.29 is 0 Å². The molecule has 2 aromatic rings. The average molecular weight is 295 g/mol. The Morgan fingerprint density at radius 2 is 2.00 bits per heavy atom. The summed E-state index contributed by atoms with van der Waals surface area (Å²) in [6.45, 7) is 0. The maximum Gasteiger partial charge on any atom is 0.0468 e. The van der Waals surface area contributed by atoms with Crippen LogP contribution in [0.4, 0.5) is 0 Å². The summed E-state index contributed by atoms with van der Waals surface area (Å²) in [7, 11) is 0. The van der Waals surface area contributed by atoms with Crippen molar-refractivity contribution >= 4 is 23.1 Å². The van der Waals surface area contributed by atoms with Gasteiger partial charge in [-0.15, -0.1) is 0 Å². The number of nitrogens with one attached hydrogen (secondary N) is 1. The Bertz CT molecular complexity index is 1030. The van der Waals surface area contributed by atoms with E-state index in [4.69, 9.17) is 0 Å². The van der Waals surface area contributed by atoms with E-state index < -0.39 is 0 Å². The molecule has 0 aliphatic heterocycles. The summed E-state index contributed by atoms with van der Waals surface area (Å²) >= 11 is 0. The van der Waals surface area contributed by atoms with E-state index in [9.17, 15) is 0 Å². The van der Waals surface area contributed by atoms with E-state index in [0.717, 1.165) is 11.8 Å². The van der Waals surface area contributed by atoms with E-state index in [2.05, 4.69) is 65.7 Å². The van der Waals surface area contributed by atoms with Crippen molar-refractivity contribution in [1.29, 1.82) is 0 Å². The van der Waals surface area contributed by atoms with Crippen LogP contribution >= 0.6 is 0 Å². The summed E-state index contributed by atoms with van der Waals surface area (Å²) < 4.78 is 0. The third-order valence-electron chi connectivity index (χ3n) is 6.89. The smallest absolute Gasteiger partial charge is 0.0468 e. The molecule has 5 aliphatic carbocycles. The molecule has 1 heteroatoms. The van der Waals surface area contributed by atoms with Crippen LogP contribution in [0.15, 0.2) is 48.6 Å². The minimum Gasteiger partial charge on any atom is -0.358 e. The average Bonchev–Trinajstić information content (AvgIpc) is 3.46. The Labute approximate surface area is 135 Å². The Hall–Kier alpha value is -2.28. The topological polar surface area (TPSA) is 15.8 Å². The van der Waals surface area contributed by atoms with E-state index >= 15 is 0 Å². The fraction of sp³-hybridized carbons (Fsp3) is 0.273. The van der Waals surface area contributed by atoms with Gasteiger partial charge in [0.1, 0.15) is 0 Å². The molecule has 2 saturated carbocycles. The number of aromatic nitrogens is 1. The first-order valence-corrected chi connectivity index (χ1v) is 8.79. The van der Waals surface area contributed by atoms with Gasteiger partial charge in [-0.3, -0.25) is 0 Å². The zero-order chi connectivity index (χ0) is 14.8. The Morgan fingerprint density at radius 1 is 1.00 bits per heavy atom. The third-order valence-corrected chi connectivity index (χ3v) is 6.89. The first kappa shape index (κ1) is 11.3.